The summed E-state index contributed by atoms with van der Waals surface area (Å²) < 4.78 is 2.71. The van der Waals surface area contributed by atoms with Crippen LogP contribution in [0.3, 0.4) is 0 Å². The molecule has 2 amide bonds. The molecule has 3 aromatic heterocycles. The average molecular weight is 505 g/mol. The SMILES string of the molecule is Cc1nn2c(O)c(C(=O)NC3CC3)c(=O)n(CC(C)C)c2c1/C=C/C(=O)N1CCC[C@@H]1c1ccccn1. The summed E-state index contributed by atoms with van der Waals surface area (Å²) in [6, 6.07) is 5.65. The van der Waals surface area contributed by atoms with Crippen LogP contribution in [0.2, 0.25) is 0 Å². The molecule has 194 valence electrons. The molecule has 10 nitrogen and oxygen atoms in total. The lowest BCUT2D eigenvalue weighted by Gasteiger charge is -2.22. The first-order chi connectivity index (χ1) is 17.8. The predicted molar refractivity (Wildman–Crippen MR) is 138 cm³/mol. The molecule has 3 aromatic rings. The number of aromatic nitrogens is 4. The van der Waals surface area contributed by atoms with Gasteiger partial charge in [-0.1, -0.05) is 19.9 Å². The van der Waals surface area contributed by atoms with Crippen LogP contribution in [-0.4, -0.2) is 53.6 Å². The highest BCUT2D eigenvalue weighted by molar-refractivity contribution is 5.97. The third-order valence-corrected chi connectivity index (χ3v) is 6.87. The molecule has 1 aliphatic heterocycles. The van der Waals surface area contributed by atoms with Crippen LogP contribution in [-0.2, 0) is 11.3 Å². The van der Waals surface area contributed by atoms with E-state index in [1.807, 2.05) is 32.0 Å². The van der Waals surface area contributed by atoms with Crippen molar-refractivity contribution in [3.8, 4) is 5.88 Å². The van der Waals surface area contributed by atoms with Crippen molar-refractivity contribution in [1.29, 1.82) is 0 Å². The van der Waals surface area contributed by atoms with Crippen LogP contribution in [0.1, 0.15) is 72.9 Å². The third-order valence-electron chi connectivity index (χ3n) is 6.87. The van der Waals surface area contributed by atoms with Crippen LogP contribution >= 0.6 is 0 Å². The zero-order valence-electron chi connectivity index (χ0n) is 21.3. The summed E-state index contributed by atoms with van der Waals surface area (Å²) in [5.74, 6) is -1.17. The molecule has 0 unspecified atom stereocenters. The molecule has 0 aromatic carbocycles. The summed E-state index contributed by atoms with van der Waals surface area (Å²) in [4.78, 5) is 45.8. The smallest absolute Gasteiger partial charge is 0.270 e. The van der Waals surface area contributed by atoms with Crippen LogP contribution in [0.15, 0.2) is 35.3 Å². The van der Waals surface area contributed by atoms with Crippen molar-refractivity contribution >= 4 is 23.5 Å². The van der Waals surface area contributed by atoms with Gasteiger partial charge < -0.3 is 15.3 Å². The van der Waals surface area contributed by atoms with Crippen molar-refractivity contribution in [3.63, 3.8) is 0 Å². The number of fused-ring (bicyclic) bond motifs is 1. The van der Waals surface area contributed by atoms with Crippen LogP contribution in [0.25, 0.3) is 11.7 Å². The normalized spacial score (nSPS) is 17.8. The monoisotopic (exact) mass is 504 g/mol. The Morgan fingerprint density at radius 3 is 2.70 bits per heavy atom. The van der Waals surface area contributed by atoms with Gasteiger partial charge in [-0.05, 0) is 56.7 Å². The van der Waals surface area contributed by atoms with Crippen molar-refractivity contribution in [3.05, 3.63) is 63.3 Å². The van der Waals surface area contributed by atoms with Crippen molar-refractivity contribution < 1.29 is 14.7 Å². The minimum atomic E-state index is -0.598. The predicted octanol–water partition coefficient (Wildman–Crippen LogP) is 2.83. The molecular weight excluding hydrogens is 472 g/mol. The minimum absolute atomic E-state index is 0.0323. The molecule has 37 heavy (non-hydrogen) atoms. The van der Waals surface area contributed by atoms with Crippen molar-refractivity contribution in [2.24, 2.45) is 5.92 Å². The second kappa shape index (κ2) is 9.84. The van der Waals surface area contributed by atoms with Crippen molar-refractivity contribution in [1.82, 2.24) is 29.4 Å². The minimum Gasteiger partial charge on any atom is -0.492 e. The number of amides is 2. The van der Waals surface area contributed by atoms with E-state index in [2.05, 4.69) is 15.4 Å². The molecule has 2 fully saturated rings. The van der Waals surface area contributed by atoms with E-state index < -0.39 is 17.3 Å². The van der Waals surface area contributed by atoms with Crippen LogP contribution < -0.4 is 10.9 Å². The van der Waals surface area contributed by atoms with E-state index in [1.165, 1.54) is 15.2 Å². The Morgan fingerprint density at radius 2 is 2.03 bits per heavy atom. The number of nitrogens with zero attached hydrogens (tertiary/aromatic N) is 5. The van der Waals surface area contributed by atoms with Gasteiger partial charge in [0, 0.05) is 37.0 Å². The summed E-state index contributed by atoms with van der Waals surface area (Å²) in [6.45, 7) is 6.63. The van der Waals surface area contributed by atoms with E-state index in [1.54, 1.807) is 24.1 Å². The molecule has 1 atom stereocenters. The lowest BCUT2D eigenvalue weighted by molar-refractivity contribution is -0.126. The van der Waals surface area contributed by atoms with E-state index in [-0.39, 0.29) is 29.5 Å². The number of hydrogen-bond donors (Lipinski definition) is 2. The van der Waals surface area contributed by atoms with Gasteiger partial charge in [0.1, 0.15) is 5.65 Å². The standard InChI is InChI=1S/C27H32N6O4/c1-16(2)15-32-25-19(11-12-22(34)31-14-6-8-21(31)20-7-4-5-13-28-20)17(3)30-33(25)27(37)23(26(32)36)24(35)29-18-9-10-18/h4-5,7,11-13,16,18,21,37H,6,8-10,14-15H2,1-3H3,(H,29,35)/b12-11+/t21-/m1/s1. The highest BCUT2D eigenvalue weighted by Crippen LogP contribution is 2.31. The average Bonchev–Trinajstić information content (AvgIpc) is 3.42. The van der Waals surface area contributed by atoms with Crippen molar-refractivity contribution in [2.45, 2.75) is 65.1 Å². The quantitative estimate of drug-likeness (QED) is 0.477. The second-order valence-corrected chi connectivity index (χ2v) is 10.3. The van der Waals surface area contributed by atoms with Gasteiger partial charge in [0.05, 0.1) is 17.4 Å². The number of aromatic hydroxyl groups is 1. The summed E-state index contributed by atoms with van der Waals surface area (Å²) in [5, 5.41) is 18.2. The molecule has 10 heteroatoms. The lowest BCUT2D eigenvalue weighted by atomic mass is 10.1. The summed E-state index contributed by atoms with van der Waals surface area (Å²) in [7, 11) is 0. The first-order valence-corrected chi connectivity index (χ1v) is 12.8. The maximum absolute atomic E-state index is 13.5. The molecule has 2 aliphatic rings. The fourth-order valence-corrected chi connectivity index (χ4v) is 4.94. The Morgan fingerprint density at radius 1 is 1.24 bits per heavy atom. The molecule has 1 saturated carbocycles. The summed E-state index contributed by atoms with van der Waals surface area (Å²) in [5.41, 5.74) is 1.39. The van der Waals surface area contributed by atoms with E-state index in [0.29, 0.717) is 30.0 Å². The van der Waals surface area contributed by atoms with Gasteiger partial charge in [0.25, 0.3) is 11.5 Å². The van der Waals surface area contributed by atoms with Gasteiger partial charge in [-0.2, -0.15) is 9.61 Å². The molecule has 1 aliphatic carbocycles. The number of carbonyl (C=O) groups excluding carboxylic acids is 2. The first-order valence-electron chi connectivity index (χ1n) is 12.8. The fraction of sp³-hybridized carbons (Fsp3) is 0.444. The number of carbonyl (C=O) groups is 2. The Bertz CT molecular complexity index is 1430. The molecule has 2 N–H and O–H groups in total. The van der Waals surface area contributed by atoms with Crippen LogP contribution in [0.5, 0.6) is 5.88 Å². The zero-order chi connectivity index (χ0) is 26.3. The lowest BCUT2D eigenvalue weighted by Crippen LogP contribution is -2.36. The maximum Gasteiger partial charge on any atom is 0.270 e. The highest BCUT2D eigenvalue weighted by atomic mass is 16.3. The van der Waals surface area contributed by atoms with Gasteiger partial charge in [0.15, 0.2) is 5.56 Å². The fourth-order valence-electron chi connectivity index (χ4n) is 4.94. The summed E-state index contributed by atoms with van der Waals surface area (Å²) >= 11 is 0. The van der Waals surface area contributed by atoms with Gasteiger partial charge in [-0.25, -0.2) is 0 Å². The molecule has 5 rings (SSSR count). The number of aryl methyl sites for hydroxylation is 1. The number of likely N-dealkylation sites (tertiary alicyclic amines) is 1. The Kier molecular flexibility index (Phi) is 6.57. The van der Waals surface area contributed by atoms with E-state index in [0.717, 1.165) is 31.4 Å². The van der Waals surface area contributed by atoms with E-state index in [9.17, 15) is 19.5 Å². The zero-order valence-corrected chi connectivity index (χ0v) is 21.3. The van der Waals surface area contributed by atoms with E-state index >= 15 is 0 Å². The van der Waals surface area contributed by atoms with Gasteiger partial charge in [-0.15, -0.1) is 0 Å². The van der Waals surface area contributed by atoms with Gasteiger partial charge in [-0.3, -0.25) is 23.9 Å². The Balaban J connectivity index is 1.54. The Labute approximate surface area is 214 Å². The highest BCUT2D eigenvalue weighted by Gasteiger charge is 2.31. The molecule has 0 radical (unpaired) electrons. The Hall–Kier alpha value is -3.95. The number of rotatable bonds is 7. The van der Waals surface area contributed by atoms with Gasteiger partial charge >= 0.3 is 0 Å². The number of hydrogen-bond acceptors (Lipinski definition) is 6. The maximum atomic E-state index is 13.5. The molecule has 1 saturated heterocycles. The first kappa shape index (κ1) is 24.7. The topological polar surface area (TPSA) is 122 Å². The number of nitrogens with one attached hydrogen (secondary N) is 1. The van der Waals surface area contributed by atoms with Crippen LogP contribution in [0.4, 0.5) is 0 Å². The third kappa shape index (κ3) is 4.75. The molecule has 4 heterocycles. The molecular formula is C27H32N6O4. The molecule has 0 spiro atoms. The number of pyridine rings is 1. The molecule has 0 bridgehead atoms. The second-order valence-electron chi connectivity index (χ2n) is 10.3. The van der Waals surface area contributed by atoms with Crippen molar-refractivity contribution in [2.75, 3.05) is 6.54 Å². The summed E-state index contributed by atoms with van der Waals surface area (Å²) in [6.07, 6.45) is 8.32. The van der Waals surface area contributed by atoms with Gasteiger partial charge in [0.2, 0.25) is 11.8 Å². The van der Waals surface area contributed by atoms with Crippen LogP contribution in [0, 0.1) is 12.8 Å². The largest absolute Gasteiger partial charge is 0.492 e. The van der Waals surface area contributed by atoms with E-state index in [4.69, 9.17) is 0 Å².